The Balaban J connectivity index is 2.01. The number of thioether (sulfide) groups is 1. The van der Waals surface area contributed by atoms with Crippen LogP contribution in [0.25, 0.3) is 10.6 Å². The lowest BCUT2D eigenvalue weighted by molar-refractivity contribution is 0.757. The smallest absolute Gasteiger partial charge is 0.192 e. The fourth-order valence-electron chi connectivity index (χ4n) is 2.13. The second-order valence-corrected chi connectivity index (χ2v) is 6.60. The van der Waals surface area contributed by atoms with Gasteiger partial charge in [-0.1, -0.05) is 41.9 Å². The summed E-state index contributed by atoms with van der Waals surface area (Å²) < 4.78 is 1.62. The molecule has 3 rings (SSSR count). The standard InChI is InChI=1S/C19H11ClN6S/c20-16-9-7-15(8-10-16)18(11-6-14(12-21)13-22)27-19-23-24-25-26(19)17-4-2-1-3-5-17/h1-11H/b18-11+. The molecular weight excluding hydrogens is 380 g/mol. The average Bonchev–Trinajstić information content (AvgIpc) is 3.17. The molecule has 0 saturated heterocycles. The largest absolute Gasteiger partial charge is 0.218 e. The van der Waals surface area contributed by atoms with Gasteiger partial charge in [0.05, 0.1) is 5.69 Å². The van der Waals surface area contributed by atoms with Crippen molar-refractivity contribution in [1.29, 1.82) is 10.5 Å². The quantitative estimate of drug-likeness (QED) is 0.363. The van der Waals surface area contributed by atoms with Crippen molar-refractivity contribution in [2.75, 3.05) is 0 Å². The topological polar surface area (TPSA) is 91.2 Å². The first-order valence-corrected chi connectivity index (χ1v) is 8.90. The highest BCUT2D eigenvalue weighted by molar-refractivity contribution is 8.08. The minimum absolute atomic E-state index is 0.00437. The Morgan fingerprint density at radius 1 is 1.00 bits per heavy atom. The van der Waals surface area contributed by atoms with E-state index in [-0.39, 0.29) is 5.57 Å². The Morgan fingerprint density at radius 2 is 1.70 bits per heavy atom. The van der Waals surface area contributed by atoms with E-state index in [1.807, 2.05) is 54.6 Å². The van der Waals surface area contributed by atoms with Gasteiger partial charge in [-0.15, -0.1) is 5.10 Å². The number of halogens is 1. The minimum Gasteiger partial charge on any atom is -0.192 e. The van der Waals surface area contributed by atoms with E-state index in [1.54, 1.807) is 22.9 Å². The zero-order valence-corrected chi connectivity index (χ0v) is 15.4. The summed E-state index contributed by atoms with van der Waals surface area (Å²) in [7, 11) is 0. The van der Waals surface area contributed by atoms with Crippen LogP contribution in [0.1, 0.15) is 5.56 Å². The number of aromatic nitrogens is 4. The first kappa shape index (κ1) is 18.4. The SMILES string of the molecule is N#CC(C#N)=C/C=C(/Sc1nnnn1-c1ccccc1)c1ccc(Cl)cc1. The van der Waals surface area contributed by atoms with Crippen LogP contribution in [0, 0.1) is 22.7 Å². The molecule has 27 heavy (non-hydrogen) atoms. The molecule has 0 spiro atoms. The van der Waals surface area contributed by atoms with Gasteiger partial charge in [0, 0.05) is 9.93 Å². The zero-order valence-electron chi connectivity index (χ0n) is 13.8. The third kappa shape index (κ3) is 4.62. The number of nitrogens with zero attached hydrogens (tertiary/aromatic N) is 6. The summed E-state index contributed by atoms with van der Waals surface area (Å²) in [5.74, 6) is 0. The molecule has 0 radical (unpaired) electrons. The van der Waals surface area contributed by atoms with Gasteiger partial charge < -0.3 is 0 Å². The first-order chi connectivity index (χ1) is 13.2. The van der Waals surface area contributed by atoms with E-state index in [2.05, 4.69) is 15.5 Å². The van der Waals surface area contributed by atoms with Crippen molar-refractivity contribution in [1.82, 2.24) is 20.2 Å². The molecule has 0 N–H and O–H groups in total. The number of benzene rings is 2. The first-order valence-electron chi connectivity index (χ1n) is 7.71. The molecule has 2 aromatic carbocycles. The van der Waals surface area contributed by atoms with Crippen molar-refractivity contribution in [3.8, 4) is 17.8 Å². The van der Waals surface area contributed by atoms with Crippen molar-refractivity contribution in [3.05, 3.63) is 82.9 Å². The molecule has 130 valence electrons. The van der Waals surface area contributed by atoms with E-state index in [4.69, 9.17) is 22.1 Å². The molecule has 0 fully saturated rings. The summed E-state index contributed by atoms with van der Waals surface area (Å²) in [5.41, 5.74) is 1.69. The number of nitriles is 2. The van der Waals surface area contributed by atoms with E-state index in [0.717, 1.165) is 16.2 Å². The van der Waals surface area contributed by atoms with Gasteiger partial charge in [-0.3, -0.25) is 0 Å². The number of tetrazole rings is 1. The molecule has 0 unspecified atom stereocenters. The summed E-state index contributed by atoms with van der Waals surface area (Å²) in [6.07, 6.45) is 3.16. The molecule has 0 aliphatic carbocycles. The number of para-hydroxylation sites is 1. The van der Waals surface area contributed by atoms with Crippen LogP contribution in [0.4, 0.5) is 0 Å². The molecule has 1 aromatic heterocycles. The van der Waals surface area contributed by atoms with Gasteiger partial charge in [0.2, 0.25) is 5.16 Å². The van der Waals surface area contributed by atoms with Crippen LogP contribution in [0.2, 0.25) is 5.02 Å². The fourth-order valence-corrected chi connectivity index (χ4v) is 3.15. The van der Waals surface area contributed by atoms with E-state index in [9.17, 15) is 0 Å². The van der Waals surface area contributed by atoms with Crippen molar-refractivity contribution < 1.29 is 0 Å². The number of hydrogen-bond donors (Lipinski definition) is 0. The highest BCUT2D eigenvalue weighted by atomic mass is 35.5. The van der Waals surface area contributed by atoms with Gasteiger partial charge in [0.15, 0.2) is 0 Å². The van der Waals surface area contributed by atoms with Crippen molar-refractivity contribution in [3.63, 3.8) is 0 Å². The second kappa shape index (κ2) is 8.81. The zero-order chi connectivity index (χ0) is 19.1. The molecule has 3 aromatic rings. The third-order valence-electron chi connectivity index (χ3n) is 3.41. The lowest BCUT2D eigenvalue weighted by atomic mass is 10.2. The minimum atomic E-state index is 0.00437. The van der Waals surface area contributed by atoms with Crippen LogP contribution in [0.15, 0.2) is 77.5 Å². The number of hydrogen-bond acceptors (Lipinski definition) is 6. The van der Waals surface area contributed by atoms with Gasteiger partial charge in [-0.25, -0.2) is 0 Å². The number of allylic oxidation sites excluding steroid dienone is 3. The van der Waals surface area contributed by atoms with Crippen LogP contribution in [-0.4, -0.2) is 20.2 Å². The Hall–Kier alpha value is -3.39. The molecule has 6 nitrogen and oxygen atoms in total. The van der Waals surface area contributed by atoms with Gasteiger partial charge in [-0.2, -0.15) is 15.2 Å². The number of rotatable bonds is 5. The fraction of sp³-hybridized carbons (Fsp3) is 0. The Kier molecular flexibility index (Phi) is 6.01. The molecule has 0 amide bonds. The summed E-state index contributed by atoms with van der Waals surface area (Å²) in [4.78, 5) is 0.765. The van der Waals surface area contributed by atoms with Gasteiger partial charge in [0.1, 0.15) is 17.7 Å². The molecular formula is C19H11ClN6S. The van der Waals surface area contributed by atoms with Gasteiger partial charge in [-0.05, 0) is 64.2 Å². The van der Waals surface area contributed by atoms with E-state index >= 15 is 0 Å². The lowest BCUT2D eigenvalue weighted by Gasteiger charge is -2.08. The van der Waals surface area contributed by atoms with Crippen LogP contribution >= 0.6 is 23.4 Å². The maximum absolute atomic E-state index is 8.96. The second-order valence-electron chi connectivity index (χ2n) is 5.15. The van der Waals surface area contributed by atoms with Crippen LogP contribution in [0.5, 0.6) is 0 Å². The molecule has 1 heterocycles. The summed E-state index contributed by atoms with van der Waals surface area (Å²) >= 11 is 7.30. The predicted molar refractivity (Wildman–Crippen MR) is 104 cm³/mol. The maximum atomic E-state index is 8.96. The average molecular weight is 391 g/mol. The normalized spacial score (nSPS) is 10.7. The summed E-state index contributed by atoms with van der Waals surface area (Å²) in [6, 6.07) is 20.4. The molecule has 0 bridgehead atoms. The van der Waals surface area contributed by atoms with Crippen molar-refractivity contribution >= 4 is 28.3 Å². The molecule has 0 aliphatic rings. The highest BCUT2D eigenvalue weighted by Gasteiger charge is 2.13. The maximum Gasteiger partial charge on any atom is 0.218 e. The van der Waals surface area contributed by atoms with Crippen LogP contribution in [0.3, 0.4) is 0 Å². The van der Waals surface area contributed by atoms with Gasteiger partial charge >= 0.3 is 0 Å². The summed E-state index contributed by atoms with van der Waals surface area (Å²) in [5, 5.41) is 31.0. The van der Waals surface area contributed by atoms with E-state index < -0.39 is 0 Å². The monoisotopic (exact) mass is 390 g/mol. The predicted octanol–water partition coefficient (Wildman–Crippen LogP) is 4.42. The van der Waals surface area contributed by atoms with Crippen LogP contribution < -0.4 is 0 Å². The molecule has 0 saturated carbocycles. The van der Waals surface area contributed by atoms with Gasteiger partial charge in [0.25, 0.3) is 0 Å². The van der Waals surface area contributed by atoms with Crippen LogP contribution in [-0.2, 0) is 0 Å². The Bertz CT molecular complexity index is 1060. The van der Waals surface area contributed by atoms with E-state index in [1.165, 1.54) is 17.8 Å². The molecule has 0 atom stereocenters. The third-order valence-corrected chi connectivity index (χ3v) is 4.69. The Labute approximate surface area is 165 Å². The molecule has 8 heteroatoms. The molecule has 0 aliphatic heterocycles. The van der Waals surface area contributed by atoms with Crippen molar-refractivity contribution in [2.24, 2.45) is 0 Å². The van der Waals surface area contributed by atoms with Crippen molar-refractivity contribution in [2.45, 2.75) is 5.16 Å². The highest BCUT2D eigenvalue weighted by Crippen LogP contribution is 2.34. The van der Waals surface area contributed by atoms with E-state index in [0.29, 0.717) is 10.2 Å². The Morgan fingerprint density at radius 3 is 2.37 bits per heavy atom. The summed E-state index contributed by atoms with van der Waals surface area (Å²) in [6.45, 7) is 0. The lowest BCUT2D eigenvalue weighted by Crippen LogP contribution is -1.98.